The van der Waals surface area contributed by atoms with E-state index in [1.807, 2.05) is 6.92 Å². The zero-order valence-electron chi connectivity index (χ0n) is 26.1. The highest BCUT2D eigenvalue weighted by molar-refractivity contribution is 7.47. The molecule has 0 aromatic heterocycles. The second-order valence-electron chi connectivity index (χ2n) is 11.0. The third kappa shape index (κ3) is 29.0. The fraction of sp³-hybridized carbons (Fsp3) is 0.968. The molecule has 0 aliphatic heterocycles. The van der Waals surface area contributed by atoms with E-state index in [2.05, 4.69) is 6.92 Å². The van der Waals surface area contributed by atoms with Gasteiger partial charge in [-0.25, -0.2) is 4.57 Å². The van der Waals surface area contributed by atoms with Crippen molar-refractivity contribution < 1.29 is 32.8 Å². The molecule has 0 fully saturated rings. The van der Waals surface area contributed by atoms with Crippen LogP contribution in [-0.2, 0) is 27.9 Å². The number of ether oxygens (including phenoxy) is 2. The maximum Gasteiger partial charge on any atom is 0.472 e. The van der Waals surface area contributed by atoms with Gasteiger partial charge in [-0.1, -0.05) is 136 Å². The fourth-order valence-corrected chi connectivity index (χ4v) is 5.39. The van der Waals surface area contributed by atoms with E-state index in [-0.39, 0.29) is 38.8 Å². The Hall–Kier alpha value is -0.500. The van der Waals surface area contributed by atoms with Crippen molar-refractivity contribution in [3.63, 3.8) is 0 Å². The molecule has 0 saturated carbocycles. The van der Waals surface area contributed by atoms with Crippen LogP contribution in [0.25, 0.3) is 0 Å². The summed E-state index contributed by atoms with van der Waals surface area (Å²) in [6.45, 7) is 4.57. The molecule has 0 aromatic carbocycles. The molecule has 0 aromatic rings. The largest absolute Gasteiger partial charge is 0.472 e. The maximum absolute atomic E-state index is 11.9. The Bertz CT molecular complexity index is 594. The lowest BCUT2D eigenvalue weighted by atomic mass is 10.0. The Morgan fingerprint density at radius 2 is 1.10 bits per heavy atom. The van der Waals surface area contributed by atoms with Crippen LogP contribution in [0.2, 0.25) is 0 Å². The minimum atomic E-state index is -4.23. The van der Waals surface area contributed by atoms with Crippen LogP contribution in [0, 0.1) is 0 Å². The number of hydrogen-bond donors (Lipinski definition) is 2. The molecule has 3 N–H and O–H groups in total. The highest BCUT2D eigenvalue weighted by Crippen LogP contribution is 2.43. The third-order valence-corrected chi connectivity index (χ3v) is 7.98. The zero-order chi connectivity index (χ0) is 29.6. The SMILES string of the molecule is CCCCCCCCCCCCCCCCCCCCCCOC[C@H](COP(=O)(O)OCCN)OC(=O)CCC. The van der Waals surface area contributed by atoms with Gasteiger partial charge in [0.15, 0.2) is 0 Å². The summed E-state index contributed by atoms with van der Waals surface area (Å²) in [5.41, 5.74) is 5.28. The molecular formula is C31H64NO7P. The van der Waals surface area contributed by atoms with Crippen molar-refractivity contribution >= 4 is 13.8 Å². The van der Waals surface area contributed by atoms with E-state index >= 15 is 0 Å². The van der Waals surface area contributed by atoms with E-state index in [1.54, 1.807) is 0 Å². The van der Waals surface area contributed by atoms with Gasteiger partial charge in [-0.3, -0.25) is 13.8 Å². The average molecular weight is 594 g/mol. The van der Waals surface area contributed by atoms with E-state index < -0.39 is 13.9 Å². The monoisotopic (exact) mass is 593 g/mol. The molecule has 0 amide bonds. The van der Waals surface area contributed by atoms with Crippen LogP contribution in [0.4, 0.5) is 0 Å². The first-order chi connectivity index (χ1) is 19.4. The Morgan fingerprint density at radius 1 is 0.650 bits per heavy atom. The van der Waals surface area contributed by atoms with Gasteiger partial charge in [0.05, 0.1) is 19.8 Å². The summed E-state index contributed by atoms with van der Waals surface area (Å²) in [7, 11) is -4.23. The molecular weight excluding hydrogens is 529 g/mol. The van der Waals surface area contributed by atoms with Crippen LogP contribution in [0.1, 0.15) is 155 Å². The fourth-order valence-electron chi connectivity index (χ4n) is 4.62. The normalized spacial score (nSPS) is 13.8. The van der Waals surface area contributed by atoms with Crippen molar-refractivity contribution in [2.75, 3.05) is 33.0 Å². The van der Waals surface area contributed by atoms with Crippen molar-refractivity contribution in [2.24, 2.45) is 5.73 Å². The van der Waals surface area contributed by atoms with E-state index in [4.69, 9.17) is 24.3 Å². The number of hydrogen-bond acceptors (Lipinski definition) is 7. The van der Waals surface area contributed by atoms with Gasteiger partial charge < -0.3 is 20.1 Å². The van der Waals surface area contributed by atoms with Gasteiger partial charge in [0.25, 0.3) is 0 Å². The Balaban J connectivity index is 3.62. The molecule has 0 rings (SSSR count). The summed E-state index contributed by atoms with van der Waals surface area (Å²) < 4.78 is 32.5. The van der Waals surface area contributed by atoms with Crippen LogP contribution in [0.5, 0.6) is 0 Å². The lowest BCUT2D eigenvalue weighted by Crippen LogP contribution is -2.28. The molecule has 2 atom stereocenters. The van der Waals surface area contributed by atoms with Crippen molar-refractivity contribution in [3.05, 3.63) is 0 Å². The molecule has 240 valence electrons. The molecule has 1 unspecified atom stereocenters. The van der Waals surface area contributed by atoms with Gasteiger partial charge in [-0.05, 0) is 12.8 Å². The molecule has 0 heterocycles. The second kappa shape index (κ2) is 30.0. The first-order valence-corrected chi connectivity index (χ1v) is 18.0. The van der Waals surface area contributed by atoms with E-state index in [0.717, 1.165) is 12.8 Å². The molecule has 0 saturated heterocycles. The molecule has 0 radical (unpaired) electrons. The van der Waals surface area contributed by atoms with Crippen LogP contribution in [0.3, 0.4) is 0 Å². The summed E-state index contributed by atoms with van der Waals surface area (Å²) >= 11 is 0. The lowest BCUT2D eigenvalue weighted by molar-refractivity contribution is -0.154. The van der Waals surface area contributed by atoms with Crippen molar-refractivity contribution in [1.82, 2.24) is 0 Å². The number of phosphoric ester groups is 1. The zero-order valence-corrected chi connectivity index (χ0v) is 27.0. The number of phosphoric acid groups is 1. The van der Waals surface area contributed by atoms with Gasteiger partial charge in [0, 0.05) is 19.6 Å². The second-order valence-corrected chi connectivity index (χ2v) is 12.5. The summed E-state index contributed by atoms with van der Waals surface area (Å²) in [5.74, 6) is -0.380. The molecule has 0 bridgehead atoms. The number of unbranched alkanes of at least 4 members (excludes halogenated alkanes) is 19. The quantitative estimate of drug-likeness (QED) is 0.0452. The minimum absolute atomic E-state index is 0.0932. The van der Waals surface area contributed by atoms with Gasteiger partial charge in [-0.15, -0.1) is 0 Å². The average Bonchev–Trinajstić information content (AvgIpc) is 2.93. The number of carbonyl (C=O) groups excluding carboxylic acids is 1. The maximum atomic E-state index is 11.9. The lowest BCUT2D eigenvalue weighted by Gasteiger charge is -2.19. The van der Waals surface area contributed by atoms with Crippen molar-refractivity contribution in [3.8, 4) is 0 Å². The number of nitrogens with two attached hydrogens (primary N) is 1. The summed E-state index contributed by atoms with van der Waals surface area (Å²) in [4.78, 5) is 21.5. The highest BCUT2D eigenvalue weighted by Gasteiger charge is 2.25. The molecule has 0 aliphatic rings. The standard InChI is InChI=1S/C31H64NO7P/c1-3-5-6-7-8-9-10-11-12-13-14-15-16-17-18-19-20-21-22-23-26-36-28-30(39-31(33)24-4-2)29-38-40(34,35)37-27-25-32/h30H,3-29,32H2,1-2H3,(H,34,35)/t30-/m1/s1. The molecule has 0 spiro atoms. The third-order valence-electron chi connectivity index (χ3n) is 6.99. The van der Waals surface area contributed by atoms with Gasteiger partial charge in [-0.2, -0.15) is 0 Å². The van der Waals surface area contributed by atoms with Crippen LogP contribution < -0.4 is 5.73 Å². The molecule has 0 aliphatic carbocycles. The molecule has 40 heavy (non-hydrogen) atoms. The predicted molar refractivity (Wildman–Crippen MR) is 164 cm³/mol. The Kier molecular flexibility index (Phi) is 29.6. The number of carbonyl (C=O) groups is 1. The smallest absolute Gasteiger partial charge is 0.457 e. The minimum Gasteiger partial charge on any atom is -0.457 e. The van der Waals surface area contributed by atoms with Gasteiger partial charge >= 0.3 is 13.8 Å². The summed E-state index contributed by atoms with van der Waals surface area (Å²) in [6, 6.07) is 0. The Labute approximate surface area is 246 Å². The Morgan fingerprint density at radius 3 is 1.52 bits per heavy atom. The van der Waals surface area contributed by atoms with E-state index in [0.29, 0.717) is 13.0 Å². The first-order valence-electron chi connectivity index (χ1n) is 16.5. The van der Waals surface area contributed by atoms with Gasteiger partial charge in [0.2, 0.25) is 0 Å². The van der Waals surface area contributed by atoms with Crippen LogP contribution in [0.15, 0.2) is 0 Å². The van der Waals surface area contributed by atoms with Gasteiger partial charge in [0.1, 0.15) is 6.10 Å². The van der Waals surface area contributed by atoms with E-state index in [1.165, 1.54) is 116 Å². The van der Waals surface area contributed by atoms with Crippen molar-refractivity contribution in [1.29, 1.82) is 0 Å². The summed E-state index contributed by atoms with van der Waals surface area (Å²) in [5, 5.41) is 0. The number of rotatable bonds is 32. The molecule has 9 heteroatoms. The van der Waals surface area contributed by atoms with Crippen LogP contribution in [-0.4, -0.2) is 49.9 Å². The van der Waals surface area contributed by atoms with Crippen molar-refractivity contribution in [2.45, 2.75) is 161 Å². The number of esters is 1. The molecule has 8 nitrogen and oxygen atoms in total. The topological polar surface area (TPSA) is 117 Å². The summed E-state index contributed by atoms with van der Waals surface area (Å²) in [6.07, 6.45) is 27.0. The van der Waals surface area contributed by atoms with E-state index in [9.17, 15) is 14.3 Å². The van der Waals surface area contributed by atoms with Crippen LogP contribution >= 0.6 is 7.82 Å². The first kappa shape index (κ1) is 39.5. The highest BCUT2D eigenvalue weighted by atomic mass is 31.2. The predicted octanol–water partition coefficient (Wildman–Crippen LogP) is 8.63.